The molecule has 0 aliphatic heterocycles. The summed E-state index contributed by atoms with van der Waals surface area (Å²) in [4.78, 5) is 5.54. The highest BCUT2D eigenvalue weighted by molar-refractivity contribution is 7.99. The van der Waals surface area contributed by atoms with Crippen molar-refractivity contribution in [2.24, 2.45) is 0 Å². The lowest BCUT2D eigenvalue weighted by Gasteiger charge is -2.08. The van der Waals surface area contributed by atoms with Crippen molar-refractivity contribution < 1.29 is 0 Å². The summed E-state index contributed by atoms with van der Waals surface area (Å²) >= 11 is 25.0. The van der Waals surface area contributed by atoms with E-state index in [4.69, 9.17) is 47.0 Å². The number of benzene rings is 1. The van der Waals surface area contributed by atoms with Gasteiger partial charge < -0.3 is 5.32 Å². The zero-order chi connectivity index (χ0) is 16.7. The smallest absolute Gasteiger partial charge is 0.0988 e. The van der Waals surface area contributed by atoms with Crippen LogP contribution in [-0.2, 0) is 0 Å². The molecule has 2 nitrogen and oxygen atoms in total. The van der Waals surface area contributed by atoms with E-state index < -0.39 is 0 Å². The summed E-state index contributed by atoms with van der Waals surface area (Å²) in [5.41, 5.74) is 1.01. The fraction of sp³-hybridized carbons (Fsp3) is 0.125. The Morgan fingerprint density at radius 3 is 2.65 bits per heavy atom. The Morgan fingerprint density at radius 1 is 1.26 bits per heavy atom. The zero-order valence-corrected chi connectivity index (χ0v) is 15.8. The SMILES string of the molecule is S=C(C=Cc1cccnc1)NCCSc1c(Cl)cc(Cl)cc1Cl. The molecule has 0 saturated heterocycles. The lowest BCUT2D eigenvalue weighted by atomic mass is 10.2. The third kappa shape index (κ3) is 6.32. The third-order valence-corrected chi connectivity index (χ3v) is 5.18. The van der Waals surface area contributed by atoms with Gasteiger partial charge in [0.25, 0.3) is 0 Å². The largest absolute Gasteiger partial charge is 0.375 e. The standard InChI is InChI=1S/C16H13Cl3N2S2/c17-12-8-13(18)16(14(19)9-12)23-7-6-21-15(22)4-3-11-2-1-5-20-10-11/h1-5,8-10H,6-7H2,(H,21,22). The Bertz CT molecular complexity index is 683. The Labute approximate surface area is 160 Å². The summed E-state index contributed by atoms with van der Waals surface area (Å²) in [6, 6.07) is 7.22. The van der Waals surface area contributed by atoms with Gasteiger partial charge in [-0.15, -0.1) is 11.8 Å². The van der Waals surface area contributed by atoms with E-state index in [0.717, 1.165) is 16.2 Å². The second-order valence-corrected chi connectivity index (χ2v) is 7.25. The molecule has 1 aromatic heterocycles. The number of nitrogens with zero attached hydrogens (tertiary/aromatic N) is 1. The molecule has 0 fully saturated rings. The van der Waals surface area contributed by atoms with Crippen molar-refractivity contribution in [3.63, 3.8) is 0 Å². The Kier molecular flexibility index (Phi) is 7.66. The Morgan fingerprint density at radius 2 is 2.00 bits per heavy atom. The molecule has 0 aliphatic rings. The van der Waals surface area contributed by atoms with E-state index in [2.05, 4.69) is 10.3 Å². The molecule has 0 bridgehead atoms. The number of rotatable bonds is 6. The van der Waals surface area contributed by atoms with Crippen LogP contribution in [0.2, 0.25) is 15.1 Å². The van der Waals surface area contributed by atoms with Gasteiger partial charge in [0.05, 0.1) is 15.0 Å². The highest BCUT2D eigenvalue weighted by Gasteiger charge is 2.08. The molecule has 0 amide bonds. The predicted molar refractivity (Wildman–Crippen MR) is 106 cm³/mol. The zero-order valence-electron chi connectivity index (χ0n) is 11.9. The molecule has 23 heavy (non-hydrogen) atoms. The summed E-state index contributed by atoms with van der Waals surface area (Å²) in [6.45, 7) is 0.705. The van der Waals surface area contributed by atoms with Gasteiger partial charge in [-0.3, -0.25) is 4.98 Å². The monoisotopic (exact) mass is 402 g/mol. The van der Waals surface area contributed by atoms with Crippen LogP contribution in [0, 0.1) is 0 Å². The lowest BCUT2D eigenvalue weighted by Crippen LogP contribution is -2.21. The number of halogens is 3. The first kappa shape index (κ1) is 18.6. The number of pyridine rings is 1. The van der Waals surface area contributed by atoms with Gasteiger partial charge in [-0.1, -0.05) is 59.2 Å². The van der Waals surface area contributed by atoms with E-state index in [1.165, 1.54) is 0 Å². The minimum atomic E-state index is 0.532. The molecule has 7 heteroatoms. The van der Waals surface area contributed by atoms with Gasteiger partial charge in [-0.05, 0) is 29.8 Å². The third-order valence-electron chi connectivity index (χ3n) is 2.72. The average molecular weight is 404 g/mol. The van der Waals surface area contributed by atoms with Crippen LogP contribution in [-0.4, -0.2) is 22.3 Å². The van der Waals surface area contributed by atoms with Crippen LogP contribution < -0.4 is 5.32 Å². The van der Waals surface area contributed by atoms with E-state index in [1.54, 1.807) is 36.3 Å². The van der Waals surface area contributed by atoms with Gasteiger partial charge in [0.15, 0.2) is 0 Å². The predicted octanol–water partition coefficient (Wildman–Crippen LogP) is 5.76. The lowest BCUT2D eigenvalue weighted by molar-refractivity contribution is 0.997. The summed E-state index contributed by atoms with van der Waals surface area (Å²) < 4.78 is 0. The molecule has 120 valence electrons. The van der Waals surface area contributed by atoms with Crippen molar-refractivity contribution in [3.05, 3.63) is 63.4 Å². The van der Waals surface area contributed by atoms with Crippen LogP contribution in [0.15, 0.2) is 47.6 Å². The Balaban J connectivity index is 1.77. The molecule has 0 spiro atoms. The summed E-state index contributed by atoms with van der Waals surface area (Å²) in [5, 5.41) is 4.82. The maximum Gasteiger partial charge on any atom is 0.0988 e. The average Bonchev–Trinajstić information content (AvgIpc) is 2.52. The first-order valence-electron chi connectivity index (χ1n) is 6.69. The van der Waals surface area contributed by atoms with E-state index in [0.29, 0.717) is 26.6 Å². The molecule has 1 aromatic carbocycles. The summed E-state index contributed by atoms with van der Waals surface area (Å²) in [7, 11) is 0. The first-order valence-corrected chi connectivity index (χ1v) is 9.22. The van der Waals surface area contributed by atoms with Gasteiger partial charge in [0.2, 0.25) is 0 Å². The number of hydrogen-bond acceptors (Lipinski definition) is 3. The summed E-state index contributed by atoms with van der Waals surface area (Å²) in [5.74, 6) is 0.780. The first-order chi connectivity index (χ1) is 11.1. The van der Waals surface area contributed by atoms with Crippen LogP contribution in [0.25, 0.3) is 6.08 Å². The van der Waals surface area contributed by atoms with Crippen LogP contribution in [0.5, 0.6) is 0 Å². The van der Waals surface area contributed by atoms with E-state index in [9.17, 15) is 0 Å². The van der Waals surface area contributed by atoms with Gasteiger partial charge in [-0.2, -0.15) is 0 Å². The molecular weight excluding hydrogens is 391 g/mol. The normalized spacial score (nSPS) is 10.9. The second-order valence-electron chi connectivity index (χ2n) is 4.46. The fourth-order valence-electron chi connectivity index (χ4n) is 1.70. The molecule has 2 rings (SSSR count). The molecule has 0 saturated carbocycles. The fourth-order valence-corrected chi connectivity index (χ4v) is 3.82. The topological polar surface area (TPSA) is 24.9 Å². The van der Waals surface area contributed by atoms with Crippen molar-refractivity contribution >= 4 is 69.8 Å². The van der Waals surface area contributed by atoms with Gasteiger partial charge >= 0.3 is 0 Å². The van der Waals surface area contributed by atoms with Crippen LogP contribution in [0.3, 0.4) is 0 Å². The molecule has 0 aliphatic carbocycles. The number of thioether (sulfide) groups is 1. The molecule has 1 heterocycles. The molecule has 0 atom stereocenters. The van der Waals surface area contributed by atoms with Crippen LogP contribution >= 0.6 is 58.8 Å². The molecule has 0 radical (unpaired) electrons. The number of aromatic nitrogens is 1. The highest BCUT2D eigenvalue weighted by atomic mass is 35.5. The number of hydrogen-bond donors (Lipinski definition) is 1. The van der Waals surface area contributed by atoms with E-state index in [-0.39, 0.29) is 0 Å². The quantitative estimate of drug-likeness (QED) is 0.287. The molecular formula is C16H13Cl3N2S2. The van der Waals surface area contributed by atoms with Crippen LogP contribution in [0.1, 0.15) is 5.56 Å². The van der Waals surface area contributed by atoms with Crippen molar-refractivity contribution in [3.8, 4) is 0 Å². The Hall–Kier alpha value is -0.780. The number of nitrogens with one attached hydrogen (secondary N) is 1. The van der Waals surface area contributed by atoms with Crippen molar-refractivity contribution in [1.82, 2.24) is 10.3 Å². The van der Waals surface area contributed by atoms with Crippen molar-refractivity contribution in [1.29, 1.82) is 0 Å². The minimum absolute atomic E-state index is 0.532. The van der Waals surface area contributed by atoms with E-state index in [1.807, 2.05) is 24.3 Å². The van der Waals surface area contributed by atoms with Crippen molar-refractivity contribution in [2.75, 3.05) is 12.3 Å². The number of thiocarbonyl (C=S) groups is 1. The van der Waals surface area contributed by atoms with Gasteiger partial charge in [-0.25, -0.2) is 0 Å². The molecule has 2 aromatic rings. The summed E-state index contributed by atoms with van der Waals surface area (Å²) in [6.07, 6.45) is 7.28. The van der Waals surface area contributed by atoms with Gasteiger partial charge in [0, 0.05) is 34.6 Å². The van der Waals surface area contributed by atoms with Gasteiger partial charge in [0.1, 0.15) is 0 Å². The van der Waals surface area contributed by atoms with E-state index >= 15 is 0 Å². The second kappa shape index (κ2) is 9.50. The molecule has 1 N–H and O–H groups in total. The minimum Gasteiger partial charge on any atom is -0.375 e. The van der Waals surface area contributed by atoms with Crippen molar-refractivity contribution in [2.45, 2.75) is 4.90 Å². The maximum atomic E-state index is 6.14. The molecule has 0 unspecified atom stereocenters. The van der Waals surface area contributed by atoms with Crippen LogP contribution in [0.4, 0.5) is 0 Å². The highest BCUT2D eigenvalue weighted by Crippen LogP contribution is 2.36. The maximum absolute atomic E-state index is 6.14.